The van der Waals surface area contributed by atoms with Crippen molar-refractivity contribution < 1.29 is 9.59 Å². The molecule has 1 amide bonds. The molecule has 7 heteroatoms. The minimum Gasteiger partial charge on any atom is -0.312 e. The lowest BCUT2D eigenvalue weighted by molar-refractivity contribution is -0.117. The fourth-order valence-electron chi connectivity index (χ4n) is 3.10. The van der Waals surface area contributed by atoms with Gasteiger partial charge >= 0.3 is 0 Å². The second kappa shape index (κ2) is 7.11. The van der Waals surface area contributed by atoms with E-state index in [4.69, 9.17) is 0 Å². The first-order valence-electron chi connectivity index (χ1n) is 8.88. The van der Waals surface area contributed by atoms with Crippen LogP contribution in [0.1, 0.15) is 28.8 Å². The number of Topliss-reactive ketones (excluding diaryl/α,β-unsaturated/α-hetero) is 1. The third-order valence-corrected chi connectivity index (χ3v) is 4.62. The van der Waals surface area contributed by atoms with E-state index in [0.29, 0.717) is 17.8 Å². The lowest BCUT2D eigenvalue weighted by Crippen LogP contribution is -2.23. The molecule has 0 spiro atoms. The first kappa shape index (κ1) is 17.1. The lowest BCUT2D eigenvalue weighted by atomic mass is 10.1. The Morgan fingerprint density at radius 2 is 1.81 bits per heavy atom. The summed E-state index contributed by atoms with van der Waals surface area (Å²) in [6, 6.07) is 14.9. The minimum atomic E-state index is -0.109. The molecule has 2 aromatic carbocycles. The predicted octanol–water partition coefficient (Wildman–Crippen LogP) is 2.66. The molecule has 0 saturated carbocycles. The largest absolute Gasteiger partial charge is 0.312 e. The molecule has 0 bridgehead atoms. The third kappa shape index (κ3) is 3.62. The van der Waals surface area contributed by atoms with Crippen molar-refractivity contribution in [3.05, 3.63) is 59.7 Å². The van der Waals surface area contributed by atoms with Crippen molar-refractivity contribution in [3.63, 3.8) is 0 Å². The summed E-state index contributed by atoms with van der Waals surface area (Å²) in [5.74, 6) is 0.511. The molecule has 3 aromatic rings. The van der Waals surface area contributed by atoms with Gasteiger partial charge in [-0.3, -0.25) is 9.59 Å². The van der Waals surface area contributed by atoms with Crippen molar-refractivity contribution in [1.82, 2.24) is 20.2 Å². The predicted molar refractivity (Wildman–Crippen MR) is 100 cm³/mol. The van der Waals surface area contributed by atoms with E-state index >= 15 is 0 Å². The quantitative estimate of drug-likeness (QED) is 0.653. The van der Waals surface area contributed by atoms with E-state index in [2.05, 4.69) is 15.4 Å². The van der Waals surface area contributed by atoms with Crippen LogP contribution in [0.15, 0.2) is 48.5 Å². The fraction of sp³-hybridized carbons (Fsp3) is 0.250. The van der Waals surface area contributed by atoms with E-state index in [1.807, 2.05) is 43.3 Å². The molecule has 1 fully saturated rings. The number of rotatable bonds is 5. The summed E-state index contributed by atoms with van der Waals surface area (Å²) in [5, 5.41) is 12.3. The minimum absolute atomic E-state index is 0.0147. The molecule has 1 aliphatic heterocycles. The van der Waals surface area contributed by atoms with Crippen molar-refractivity contribution in [2.24, 2.45) is 0 Å². The van der Waals surface area contributed by atoms with Gasteiger partial charge in [0.2, 0.25) is 11.7 Å². The molecular weight excluding hydrogens is 342 g/mol. The average molecular weight is 361 g/mol. The zero-order valence-electron chi connectivity index (χ0n) is 15.0. The Morgan fingerprint density at radius 1 is 1.07 bits per heavy atom. The second-order valence-electron chi connectivity index (χ2n) is 6.63. The molecule has 1 saturated heterocycles. The summed E-state index contributed by atoms with van der Waals surface area (Å²) < 4.78 is 0. The number of tetrazole rings is 1. The highest BCUT2D eigenvalue weighted by Crippen LogP contribution is 2.22. The van der Waals surface area contributed by atoms with E-state index in [0.717, 1.165) is 29.8 Å². The molecule has 0 unspecified atom stereocenters. The van der Waals surface area contributed by atoms with Crippen LogP contribution in [0.2, 0.25) is 0 Å². The van der Waals surface area contributed by atoms with Crippen LogP contribution in [0.4, 0.5) is 5.69 Å². The van der Waals surface area contributed by atoms with Gasteiger partial charge < -0.3 is 4.90 Å². The first-order chi connectivity index (χ1) is 13.1. The van der Waals surface area contributed by atoms with Crippen molar-refractivity contribution >= 4 is 17.4 Å². The monoisotopic (exact) mass is 361 g/mol. The van der Waals surface area contributed by atoms with Crippen LogP contribution >= 0.6 is 0 Å². The van der Waals surface area contributed by atoms with E-state index < -0.39 is 0 Å². The summed E-state index contributed by atoms with van der Waals surface area (Å²) in [6.45, 7) is 2.76. The summed E-state index contributed by atoms with van der Waals surface area (Å²) in [6.07, 6.45) is 1.46. The van der Waals surface area contributed by atoms with E-state index in [9.17, 15) is 9.59 Å². The number of carbonyl (C=O) groups is 2. The number of hydrogen-bond acceptors (Lipinski definition) is 5. The number of nitrogens with zero attached hydrogens (tertiary/aromatic N) is 5. The number of amides is 1. The standard InChI is InChI=1S/C20H19N5O2/c1-14-4-6-16(7-5-14)20-21-23-25(22-20)13-18(26)15-8-10-17(11-9-15)24-12-2-3-19(24)27/h4-11H,2-3,12-13H2,1H3. The van der Waals surface area contributed by atoms with Gasteiger partial charge in [0.15, 0.2) is 5.78 Å². The first-order valence-corrected chi connectivity index (χ1v) is 8.88. The topological polar surface area (TPSA) is 81.0 Å². The van der Waals surface area contributed by atoms with Crippen LogP contribution in [0.3, 0.4) is 0 Å². The van der Waals surface area contributed by atoms with Crippen LogP contribution < -0.4 is 4.90 Å². The Bertz CT molecular complexity index is 976. The Kier molecular flexibility index (Phi) is 4.50. The Labute approximate surface area is 156 Å². The lowest BCUT2D eigenvalue weighted by Gasteiger charge is -2.15. The maximum absolute atomic E-state index is 12.5. The van der Waals surface area contributed by atoms with Gasteiger partial charge in [-0.05, 0) is 42.8 Å². The Balaban J connectivity index is 1.44. The van der Waals surface area contributed by atoms with Crippen molar-refractivity contribution in [2.75, 3.05) is 11.4 Å². The number of carbonyl (C=O) groups excluding carboxylic acids is 2. The van der Waals surface area contributed by atoms with Gasteiger partial charge in [-0.15, -0.1) is 10.2 Å². The van der Waals surface area contributed by atoms with Gasteiger partial charge in [0.25, 0.3) is 0 Å². The van der Waals surface area contributed by atoms with E-state index in [1.54, 1.807) is 17.0 Å². The molecule has 2 heterocycles. The maximum atomic E-state index is 12.5. The zero-order chi connectivity index (χ0) is 18.8. The number of aryl methyl sites for hydroxylation is 1. The van der Waals surface area contributed by atoms with Gasteiger partial charge in [-0.25, -0.2) is 0 Å². The SMILES string of the molecule is Cc1ccc(-c2nnn(CC(=O)c3ccc(N4CCCC4=O)cc3)n2)cc1. The van der Waals surface area contributed by atoms with Crippen LogP contribution in [-0.2, 0) is 11.3 Å². The summed E-state index contributed by atoms with van der Waals surface area (Å²) >= 11 is 0. The summed E-state index contributed by atoms with van der Waals surface area (Å²) in [5.41, 5.74) is 3.40. The fourth-order valence-corrected chi connectivity index (χ4v) is 3.10. The van der Waals surface area contributed by atoms with Crippen LogP contribution in [0.25, 0.3) is 11.4 Å². The van der Waals surface area contributed by atoms with Gasteiger partial charge in [-0.2, -0.15) is 4.80 Å². The van der Waals surface area contributed by atoms with Gasteiger partial charge in [0.1, 0.15) is 6.54 Å². The number of aromatic nitrogens is 4. The smallest absolute Gasteiger partial charge is 0.227 e. The van der Waals surface area contributed by atoms with Gasteiger partial charge in [-0.1, -0.05) is 29.8 Å². The van der Waals surface area contributed by atoms with Crippen molar-refractivity contribution in [3.8, 4) is 11.4 Å². The van der Waals surface area contributed by atoms with Crippen LogP contribution in [0, 0.1) is 6.92 Å². The molecule has 0 atom stereocenters. The molecule has 0 radical (unpaired) electrons. The highest BCUT2D eigenvalue weighted by molar-refractivity contribution is 5.98. The second-order valence-corrected chi connectivity index (χ2v) is 6.63. The van der Waals surface area contributed by atoms with Crippen molar-refractivity contribution in [2.45, 2.75) is 26.3 Å². The normalized spacial score (nSPS) is 14.0. The molecule has 0 N–H and O–H groups in total. The summed E-state index contributed by atoms with van der Waals surface area (Å²) in [7, 11) is 0. The highest BCUT2D eigenvalue weighted by Gasteiger charge is 2.21. The number of ketones is 1. The molecule has 0 aliphatic carbocycles. The van der Waals surface area contributed by atoms with Crippen LogP contribution in [0.5, 0.6) is 0 Å². The molecule has 1 aromatic heterocycles. The number of anilines is 1. The number of benzene rings is 2. The number of hydrogen-bond donors (Lipinski definition) is 0. The van der Waals surface area contributed by atoms with E-state index in [-0.39, 0.29) is 18.2 Å². The van der Waals surface area contributed by atoms with E-state index in [1.165, 1.54) is 4.80 Å². The van der Waals surface area contributed by atoms with Gasteiger partial charge in [0.05, 0.1) is 0 Å². The van der Waals surface area contributed by atoms with Crippen molar-refractivity contribution in [1.29, 1.82) is 0 Å². The highest BCUT2D eigenvalue weighted by atomic mass is 16.2. The average Bonchev–Trinajstić information content (AvgIpc) is 3.31. The molecular formula is C20H19N5O2. The Hall–Kier alpha value is -3.35. The molecule has 4 rings (SSSR count). The Morgan fingerprint density at radius 3 is 2.48 bits per heavy atom. The maximum Gasteiger partial charge on any atom is 0.227 e. The summed E-state index contributed by atoms with van der Waals surface area (Å²) in [4.78, 5) is 27.3. The van der Waals surface area contributed by atoms with Crippen LogP contribution in [-0.4, -0.2) is 38.4 Å². The molecule has 27 heavy (non-hydrogen) atoms. The molecule has 136 valence electrons. The zero-order valence-corrected chi connectivity index (χ0v) is 15.0. The van der Waals surface area contributed by atoms with Gasteiger partial charge in [0, 0.05) is 29.8 Å². The third-order valence-electron chi connectivity index (χ3n) is 4.62. The molecule has 7 nitrogen and oxygen atoms in total. The molecule has 1 aliphatic rings.